The van der Waals surface area contributed by atoms with E-state index in [9.17, 15) is 12.8 Å². The Labute approximate surface area is 133 Å². The van der Waals surface area contributed by atoms with Crippen molar-refractivity contribution in [3.8, 4) is 5.75 Å². The van der Waals surface area contributed by atoms with Crippen LogP contribution in [0.15, 0.2) is 52.4 Å². The van der Waals surface area contributed by atoms with E-state index in [1.807, 2.05) is 0 Å². The van der Waals surface area contributed by atoms with Gasteiger partial charge in [0.05, 0.1) is 23.6 Å². The Hall–Kier alpha value is -2.41. The zero-order valence-corrected chi connectivity index (χ0v) is 13.4. The molecular formula is C16H15FN2O3S. The predicted octanol–water partition coefficient (Wildman–Crippen LogP) is 2.63. The van der Waals surface area contributed by atoms with Gasteiger partial charge >= 0.3 is 0 Å². The van der Waals surface area contributed by atoms with Crippen molar-refractivity contribution in [1.82, 2.24) is 4.72 Å². The van der Waals surface area contributed by atoms with Gasteiger partial charge in [0.25, 0.3) is 10.0 Å². The number of fused-ring (bicyclic) bond motifs is 1. The molecule has 0 fully saturated rings. The fourth-order valence-corrected chi connectivity index (χ4v) is 3.83. The summed E-state index contributed by atoms with van der Waals surface area (Å²) in [6.45, 7) is 1.68. The van der Waals surface area contributed by atoms with Crippen LogP contribution in [-0.2, 0) is 10.0 Å². The highest BCUT2D eigenvalue weighted by Crippen LogP contribution is 2.31. The molecule has 1 atom stereocenters. The van der Waals surface area contributed by atoms with E-state index in [1.54, 1.807) is 37.3 Å². The zero-order chi connectivity index (χ0) is 16.6. The van der Waals surface area contributed by atoms with Crippen molar-refractivity contribution in [3.05, 3.63) is 59.4 Å². The molecule has 1 aliphatic heterocycles. The Morgan fingerprint density at radius 2 is 1.91 bits per heavy atom. The standard InChI is InChI=1S/C16H15FN2O3S/c1-10(15-12(17)7-5-8-13(15)22-2)18-16-11-6-3-4-9-14(11)23(20,21)19-16/h3-10H,1-2H3,(H,18,19)/t10-/m0/s1. The smallest absolute Gasteiger partial charge is 0.263 e. The van der Waals surface area contributed by atoms with Crippen molar-refractivity contribution in [3.63, 3.8) is 0 Å². The summed E-state index contributed by atoms with van der Waals surface area (Å²) in [6.07, 6.45) is 0. The fraction of sp³-hybridized carbons (Fsp3) is 0.188. The van der Waals surface area contributed by atoms with Crippen LogP contribution in [0.1, 0.15) is 24.1 Å². The first-order chi connectivity index (χ1) is 10.9. The average molecular weight is 334 g/mol. The number of rotatable bonds is 3. The van der Waals surface area contributed by atoms with Gasteiger partial charge in [-0.15, -0.1) is 0 Å². The summed E-state index contributed by atoms with van der Waals surface area (Å²) >= 11 is 0. The van der Waals surface area contributed by atoms with Gasteiger partial charge in [-0.2, -0.15) is 0 Å². The van der Waals surface area contributed by atoms with E-state index in [0.29, 0.717) is 11.3 Å². The highest BCUT2D eigenvalue weighted by molar-refractivity contribution is 7.90. The number of ether oxygens (including phenoxy) is 1. The van der Waals surface area contributed by atoms with Crippen LogP contribution < -0.4 is 9.46 Å². The molecule has 3 rings (SSSR count). The molecular weight excluding hydrogens is 319 g/mol. The van der Waals surface area contributed by atoms with Crippen LogP contribution in [0.2, 0.25) is 0 Å². The summed E-state index contributed by atoms with van der Waals surface area (Å²) in [5.74, 6) is 0.129. The molecule has 2 aromatic rings. The minimum absolute atomic E-state index is 0.173. The maximum atomic E-state index is 14.1. The SMILES string of the molecule is COc1cccc(F)c1[C@H](C)N=C1NS(=O)(=O)c2ccccc21. The monoisotopic (exact) mass is 334 g/mol. The molecule has 0 aliphatic carbocycles. The van der Waals surface area contributed by atoms with Gasteiger partial charge in [-0.25, -0.2) is 12.8 Å². The fourth-order valence-electron chi connectivity index (χ4n) is 2.59. The molecule has 1 aliphatic rings. The van der Waals surface area contributed by atoms with Crippen molar-refractivity contribution in [2.45, 2.75) is 17.9 Å². The van der Waals surface area contributed by atoms with Crippen molar-refractivity contribution >= 4 is 15.9 Å². The van der Waals surface area contributed by atoms with E-state index in [-0.39, 0.29) is 16.3 Å². The third-order valence-electron chi connectivity index (χ3n) is 3.64. The molecule has 0 saturated carbocycles. The van der Waals surface area contributed by atoms with Crippen LogP contribution in [-0.4, -0.2) is 21.4 Å². The molecule has 23 heavy (non-hydrogen) atoms. The minimum atomic E-state index is -3.61. The molecule has 2 aromatic carbocycles. The van der Waals surface area contributed by atoms with E-state index in [4.69, 9.17) is 4.74 Å². The number of aliphatic imine (C=N–C) groups is 1. The summed E-state index contributed by atoms with van der Waals surface area (Å²) < 4.78 is 45.9. The molecule has 0 bridgehead atoms. The molecule has 0 saturated heterocycles. The van der Waals surface area contributed by atoms with E-state index < -0.39 is 21.9 Å². The molecule has 1 heterocycles. The summed E-state index contributed by atoms with van der Waals surface area (Å²) in [5, 5.41) is 0. The lowest BCUT2D eigenvalue weighted by molar-refractivity contribution is 0.401. The number of methoxy groups -OCH3 is 1. The Kier molecular flexibility index (Phi) is 3.81. The number of amidine groups is 1. The topological polar surface area (TPSA) is 67.8 Å². The molecule has 120 valence electrons. The maximum absolute atomic E-state index is 14.1. The molecule has 7 heteroatoms. The van der Waals surface area contributed by atoms with Gasteiger partial charge in [-0.1, -0.05) is 18.2 Å². The second-order valence-corrected chi connectivity index (χ2v) is 6.76. The molecule has 0 radical (unpaired) electrons. The van der Waals surface area contributed by atoms with Crippen LogP contribution in [0.4, 0.5) is 4.39 Å². The summed E-state index contributed by atoms with van der Waals surface area (Å²) in [6, 6.07) is 10.4. The predicted molar refractivity (Wildman–Crippen MR) is 84.7 cm³/mol. The first-order valence-corrected chi connectivity index (χ1v) is 8.45. The average Bonchev–Trinajstić information content (AvgIpc) is 2.78. The largest absolute Gasteiger partial charge is 0.496 e. The second-order valence-electron chi connectivity index (χ2n) is 5.11. The molecule has 0 amide bonds. The Morgan fingerprint density at radius 3 is 2.65 bits per heavy atom. The van der Waals surface area contributed by atoms with Crippen LogP contribution in [0.3, 0.4) is 0 Å². The lowest BCUT2D eigenvalue weighted by Gasteiger charge is -2.14. The first kappa shape index (κ1) is 15.5. The van der Waals surface area contributed by atoms with E-state index >= 15 is 0 Å². The van der Waals surface area contributed by atoms with Gasteiger partial charge in [0.15, 0.2) is 0 Å². The molecule has 1 N–H and O–H groups in total. The summed E-state index contributed by atoms with van der Waals surface area (Å²) in [4.78, 5) is 4.53. The van der Waals surface area contributed by atoms with E-state index in [2.05, 4.69) is 9.71 Å². The van der Waals surface area contributed by atoms with E-state index in [0.717, 1.165) is 0 Å². The second kappa shape index (κ2) is 5.66. The minimum Gasteiger partial charge on any atom is -0.496 e. The van der Waals surface area contributed by atoms with Crippen LogP contribution in [0.25, 0.3) is 0 Å². The van der Waals surface area contributed by atoms with Crippen molar-refractivity contribution in [2.75, 3.05) is 7.11 Å². The van der Waals surface area contributed by atoms with Crippen LogP contribution in [0.5, 0.6) is 5.75 Å². The van der Waals surface area contributed by atoms with Gasteiger partial charge in [-0.05, 0) is 31.2 Å². The van der Waals surface area contributed by atoms with Gasteiger partial charge in [-0.3, -0.25) is 9.71 Å². The number of sulfonamides is 1. The van der Waals surface area contributed by atoms with Gasteiger partial charge < -0.3 is 4.74 Å². The normalized spacial score (nSPS) is 18.3. The Bertz CT molecular complexity index is 894. The Morgan fingerprint density at radius 1 is 1.17 bits per heavy atom. The van der Waals surface area contributed by atoms with Crippen LogP contribution in [0, 0.1) is 5.82 Å². The third kappa shape index (κ3) is 2.68. The Balaban J connectivity index is 2.07. The number of hydrogen-bond donors (Lipinski definition) is 1. The summed E-state index contributed by atoms with van der Waals surface area (Å²) in [7, 11) is -2.16. The third-order valence-corrected chi connectivity index (χ3v) is 5.03. The van der Waals surface area contributed by atoms with Crippen molar-refractivity contribution < 1.29 is 17.5 Å². The number of nitrogens with zero attached hydrogens (tertiary/aromatic N) is 1. The molecule has 5 nitrogen and oxygen atoms in total. The van der Waals surface area contributed by atoms with Crippen molar-refractivity contribution in [1.29, 1.82) is 0 Å². The van der Waals surface area contributed by atoms with Gasteiger partial charge in [0, 0.05) is 5.56 Å². The first-order valence-electron chi connectivity index (χ1n) is 6.96. The molecule has 0 unspecified atom stereocenters. The van der Waals surface area contributed by atoms with Gasteiger partial charge in [0.2, 0.25) is 0 Å². The van der Waals surface area contributed by atoms with E-state index in [1.165, 1.54) is 19.2 Å². The number of halogens is 1. The quantitative estimate of drug-likeness (QED) is 0.938. The highest BCUT2D eigenvalue weighted by atomic mass is 32.2. The number of nitrogens with one attached hydrogen (secondary N) is 1. The lowest BCUT2D eigenvalue weighted by atomic mass is 10.1. The highest BCUT2D eigenvalue weighted by Gasteiger charge is 2.31. The zero-order valence-electron chi connectivity index (χ0n) is 12.6. The van der Waals surface area contributed by atoms with Crippen LogP contribution >= 0.6 is 0 Å². The number of benzene rings is 2. The number of hydrogen-bond acceptors (Lipinski definition) is 4. The lowest BCUT2D eigenvalue weighted by Crippen LogP contribution is -2.22. The molecule has 0 aromatic heterocycles. The van der Waals surface area contributed by atoms with Crippen molar-refractivity contribution in [2.24, 2.45) is 4.99 Å². The maximum Gasteiger partial charge on any atom is 0.263 e. The van der Waals surface area contributed by atoms with Gasteiger partial charge in [0.1, 0.15) is 17.4 Å². The summed E-state index contributed by atoms with van der Waals surface area (Å²) in [5.41, 5.74) is 0.765. The molecule has 0 spiro atoms.